The number of rotatable bonds is 4. The Labute approximate surface area is 107 Å². The largest absolute Gasteiger partial charge is 0.302 e. The molecule has 1 fully saturated rings. The van der Waals surface area contributed by atoms with Crippen LogP contribution in [-0.4, -0.2) is 23.5 Å². The summed E-state index contributed by atoms with van der Waals surface area (Å²) in [4.78, 5) is 6.35. The van der Waals surface area contributed by atoms with Gasteiger partial charge in [0.15, 0.2) is 0 Å². The molecule has 1 saturated carbocycles. The van der Waals surface area contributed by atoms with Gasteiger partial charge >= 0.3 is 0 Å². The predicted octanol–water partition coefficient (Wildman–Crippen LogP) is 3.48. The van der Waals surface area contributed by atoms with Gasteiger partial charge in [-0.15, -0.1) is 0 Å². The van der Waals surface area contributed by atoms with Crippen molar-refractivity contribution in [3.05, 3.63) is 28.0 Å². The van der Waals surface area contributed by atoms with Crippen LogP contribution in [0.3, 0.4) is 0 Å². The van der Waals surface area contributed by atoms with E-state index in [4.69, 9.17) is 23.2 Å². The van der Waals surface area contributed by atoms with Crippen molar-refractivity contribution in [2.45, 2.75) is 19.9 Å². The molecule has 0 aliphatic heterocycles. The van der Waals surface area contributed by atoms with Crippen molar-refractivity contribution in [1.82, 2.24) is 9.88 Å². The third kappa shape index (κ3) is 3.09. The van der Waals surface area contributed by atoms with Gasteiger partial charge in [0.25, 0.3) is 0 Å². The topological polar surface area (TPSA) is 16.1 Å². The van der Waals surface area contributed by atoms with E-state index in [-0.39, 0.29) is 0 Å². The SMILES string of the molecule is CC1CC1CN(C)Cc1cnc(Cl)cc1Cl. The van der Waals surface area contributed by atoms with Gasteiger partial charge in [0.1, 0.15) is 5.15 Å². The minimum atomic E-state index is 0.451. The zero-order valence-corrected chi connectivity index (χ0v) is 11.1. The van der Waals surface area contributed by atoms with Crippen LogP contribution in [0.5, 0.6) is 0 Å². The van der Waals surface area contributed by atoms with Gasteiger partial charge in [0.2, 0.25) is 0 Å². The van der Waals surface area contributed by atoms with Gasteiger partial charge < -0.3 is 4.90 Å². The first-order chi connectivity index (χ1) is 7.56. The van der Waals surface area contributed by atoms with E-state index in [1.807, 2.05) is 0 Å². The summed E-state index contributed by atoms with van der Waals surface area (Å²) in [6.07, 6.45) is 3.12. The van der Waals surface area contributed by atoms with Gasteiger partial charge in [-0.3, -0.25) is 0 Å². The molecule has 1 heterocycles. The van der Waals surface area contributed by atoms with Crippen LogP contribution in [0.1, 0.15) is 18.9 Å². The zero-order chi connectivity index (χ0) is 11.7. The highest BCUT2D eigenvalue weighted by molar-refractivity contribution is 6.34. The van der Waals surface area contributed by atoms with Crippen molar-refractivity contribution < 1.29 is 0 Å². The molecular formula is C12H16Cl2N2. The average Bonchev–Trinajstić information content (AvgIpc) is 2.86. The number of hydrogen-bond donors (Lipinski definition) is 0. The second kappa shape index (κ2) is 4.91. The van der Waals surface area contributed by atoms with Crippen LogP contribution in [-0.2, 0) is 6.54 Å². The molecule has 1 aliphatic rings. The van der Waals surface area contributed by atoms with Gasteiger partial charge in [-0.05, 0) is 31.4 Å². The number of pyridine rings is 1. The van der Waals surface area contributed by atoms with E-state index in [0.717, 1.165) is 30.5 Å². The van der Waals surface area contributed by atoms with Crippen molar-refractivity contribution in [3.8, 4) is 0 Å². The molecule has 1 aromatic rings. The molecule has 0 N–H and O–H groups in total. The Morgan fingerprint density at radius 1 is 1.50 bits per heavy atom. The van der Waals surface area contributed by atoms with Crippen molar-refractivity contribution >= 4 is 23.2 Å². The summed E-state index contributed by atoms with van der Waals surface area (Å²) in [5.41, 5.74) is 1.04. The number of halogens is 2. The Bertz CT molecular complexity index is 381. The van der Waals surface area contributed by atoms with E-state index >= 15 is 0 Å². The smallest absolute Gasteiger partial charge is 0.130 e. The Morgan fingerprint density at radius 2 is 2.19 bits per heavy atom. The zero-order valence-electron chi connectivity index (χ0n) is 9.58. The fourth-order valence-corrected chi connectivity index (χ4v) is 2.39. The molecule has 0 bridgehead atoms. The van der Waals surface area contributed by atoms with E-state index in [0.29, 0.717) is 10.2 Å². The molecule has 2 nitrogen and oxygen atoms in total. The van der Waals surface area contributed by atoms with Crippen LogP contribution in [0.2, 0.25) is 10.2 Å². The lowest BCUT2D eigenvalue weighted by atomic mass is 10.2. The molecular weight excluding hydrogens is 243 g/mol. The molecule has 1 aromatic heterocycles. The minimum absolute atomic E-state index is 0.451. The lowest BCUT2D eigenvalue weighted by Crippen LogP contribution is -2.21. The van der Waals surface area contributed by atoms with Crippen LogP contribution in [0.25, 0.3) is 0 Å². The lowest BCUT2D eigenvalue weighted by molar-refractivity contribution is 0.307. The standard InChI is InChI=1S/C12H16Cl2N2/c1-8-3-9(8)6-16(2)7-10-5-15-12(14)4-11(10)13/h4-5,8-9H,3,6-7H2,1-2H3. The number of hydrogen-bond acceptors (Lipinski definition) is 2. The molecule has 2 unspecified atom stereocenters. The third-order valence-corrected chi connectivity index (χ3v) is 3.72. The molecule has 16 heavy (non-hydrogen) atoms. The monoisotopic (exact) mass is 258 g/mol. The van der Waals surface area contributed by atoms with E-state index in [1.165, 1.54) is 6.42 Å². The summed E-state index contributed by atoms with van der Waals surface area (Å²) in [5, 5.41) is 1.16. The van der Waals surface area contributed by atoms with Gasteiger partial charge in [-0.1, -0.05) is 30.1 Å². The fourth-order valence-electron chi connectivity index (χ4n) is 1.96. The van der Waals surface area contributed by atoms with E-state index < -0.39 is 0 Å². The highest BCUT2D eigenvalue weighted by atomic mass is 35.5. The maximum Gasteiger partial charge on any atom is 0.130 e. The van der Waals surface area contributed by atoms with Crippen LogP contribution in [0, 0.1) is 11.8 Å². The molecule has 0 radical (unpaired) electrons. The maximum absolute atomic E-state index is 6.10. The first-order valence-electron chi connectivity index (χ1n) is 5.54. The van der Waals surface area contributed by atoms with E-state index in [9.17, 15) is 0 Å². The highest BCUT2D eigenvalue weighted by Crippen LogP contribution is 2.38. The summed E-state index contributed by atoms with van der Waals surface area (Å²) in [6, 6.07) is 1.70. The van der Waals surface area contributed by atoms with Crippen molar-refractivity contribution in [1.29, 1.82) is 0 Å². The summed E-state index contributed by atoms with van der Waals surface area (Å²) < 4.78 is 0. The molecule has 0 saturated heterocycles. The first-order valence-corrected chi connectivity index (χ1v) is 6.30. The van der Waals surface area contributed by atoms with Crippen LogP contribution < -0.4 is 0 Å². The number of nitrogens with zero attached hydrogens (tertiary/aromatic N) is 2. The highest BCUT2D eigenvalue weighted by Gasteiger charge is 2.33. The molecule has 0 aromatic carbocycles. The first kappa shape index (κ1) is 12.2. The molecule has 4 heteroatoms. The Morgan fingerprint density at radius 3 is 2.75 bits per heavy atom. The van der Waals surface area contributed by atoms with Crippen LogP contribution >= 0.6 is 23.2 Å². The minimum Gasteiger partial charge on any atom is -0.302 e. The average molecular weight is 259 g/mol. The second-order valence-electron chi connectivity index (χ2n) is 4.77. The van der Waals surface area contributed by atoms with Crippen molar-refractivity contribution in [3.63, 3.8) is 0 Å². The molecule has 88 valence electrons. The van der Waals surface area contributed by atoms with E-state index in [1.54, 1.807) is 12.3 Å². The maximum atomic E-state index is 6.10. The third-order valence-electron chi connectivity index (χ3n) is 3.16. The summed E-state index contributed by atoms with van der Waals surface area (Å²) in [5.74, 6) is 1.75. The fraction of sp³-hybridized carbons (Fsp3) is 0.583. The lowest BCUT2D eigenvalue weighted by Gasteiger charge is -2.17. The van der Waals surface area contributed by atoms with Crippen LogP contribution in [0.4, 0.5) is 0 Å². The van der Waals surface area contributed by atoms with Gasteiger partial charge in [0.05, 0.1) is 0 Å². The Kier molecular flexibility index (Phi) is 3.73. The predicted molar refractivity (Wildman–Crippen MR) is 67.9 cm³/mol. The van der Waals surface area contributed by atoms with Gasteiger partial charge in [-0.2, -0.15) is 0 Å². The van der Waals surface area contributed by atoms with Crippen molar-refractivity contribution in [2.75, 3.05) is 13.6 Å². The van der Waals surface area contributed by atoms with Crippen LogP contribution in [0.15, 0.2) is 12.3 Å². The van der Waals surface area contributed by atoms with Crippen molar-refractivity contribution in [2.24, 2.45) is 11.8 Å². The molecule has 2 atom stereocenters. The van der Waals surface area contributed by atoms with Gasteiger partial charge in [0, 0.05) is 29.9 Å². The summed E-state index contributed by atoms with van der Waals surface area (Å²) in [6.45, 7) is 4.28. The quantitative estimate of drug-likeness (QED) is 0.769. The summed E-state index contributed by atoms with van der Waals surface area (Å²) >= 11 is 11.9. The Balaban J connectivity index is 1.92. The molecule has 0 amide bonds. The molecule has 2 rings (SSSR count). The molecule has 0 spiro atoms. The molecule has 1 aliphatic carbocycles. The Hall–Kier alpha value is -0.310. The second-order valence-corrected chi connectivity index (χ2v) is 5.56. The number of aromatic nitrogens is 1. The normalized spacial score (nSPS) is 23.8. The van der Waals surface area contributed by atoms with Gasteiger partial charge in [-0.25, -0.2) is 4.98 Å². The summed E-state index contributed by atoms with van der Waals surface area (Å²) in [7, 11) is 2.12. The van der Waals surface area contributed by atoms with E-state index in [2.05, 4.69) is 23.9 Å².